The topological polar surface area (TPSA) is 53.7 Å². The number of rotatable bonds is 2. The van der Waals surface area contributed by atoms with E-state index in [9.17, 15) is 9.90 Å². The molecule has 4 nitrogen and oxygen atoms in total. The lowest BCUT2D eigenvalue weighted by atomic mass is 10.0. The second kappa shape index (κ2) is 5.79. The summed E-state index contributed by atoms with van der Waals surface area (Å²) in [7, 11) is 0. The molecule has 2 heterocycles. The van der Waals surface area contributed by atoms with Gasteiger partial charge in [-0.3, -0.25) is 4.90 Å². The van der Waals surface area contributed by atoms with E-state index in [4.69, 9.17) is 16.0 Å². The average Bonchev–Trinajstić information content (AvgIpc) is 2.41. The summed E-state index contributed by atoms with van der Waals surface area (Å²) in [5.41, 5.74) is 2.00. The number of nitrogens with zero attached hydrogens (tertiary/aromatic N) is 1. The van der Waals surface area contributed by atoms with Crippen molar-refractivity contribution in [2.24, 2.45) is 0 Å². The molecule has 1 atom stereocenters. The summed E-state index contributed by atoms with van der Waals surface area (Å²) in [6.45, 7) is 4.08. The lowest BCUT2D eigenvalue weighted by molar-refractivity contribution is 0.0670. The van der Waals surface area contributed by atoms with Crippen molar-refractivity contribution in [2.75, 3.05) is 13.1 Å². The molecular formula is C16H18ClNO3. The van der Waals surface area contributed by atoms with Crippen LogP contribution in [-0.4, -0.2) is 29.2 Å². The van der Waals surface area contributed by atoms with Gasteiger partial charge in [0.2, 0.25) is 0 Å². The Bertz CT molecular complexity index is 725. The van der Waals surface area contributed by atoms with Crippen molar-refractivity contribution in [3.8, 4) is 0 Å². The monoisotopic (exact) mass is 307 g/mol. The first kappa shape index (κ1) is 14.6. The second-order valence-corrected chi connectivity index (χ2v) is 6.13. The van der Waals surface area contributed by atoms with Crippen LogP contribution in [0.2, 0.25) is 5.02 Å². The van der Waals surface area contributed by atoms with Crippen molar-refractivity contribution in [1.29, 1.82) is 0 Å². The highest BCUT2D eigenvalue weighted by atomic mass is 35.5. The zero-order valence-electron chi connectivity index (χ0n) is 11.9. The highest BCUT2D eigenvalue weighted by Gasteiger charge is 2.19. The Morgan fingerprint density at radius 1 is 1.43 bits per heavy atom. The molecule has 0 bridgehead atoms. The molecule has 1 aromatic carbocycles. The fraction of sp³-hybridized carbons (Fsp3) is 0.438. The van der Waals surface area contributed by atoms with E-state index in [1.54, 1.807) is 6.07 Å². The maximum atomic E-state index is 11.7. The fourth-order valence-electron chi connectivity index (χ4n) is 2.89. The van der Waals surface area contributed by atoms with Gasteiger partial charge in [0, 0.05) is 29.6 Å². The number of benzene rings is 1. The number of β-amino-alcohol motifs (C(OH)–C–C–N with tert-alkyl or cyclic N) is 1. The van der Waals surface area contributed by atoms with Gasteiger partial charge in [0.1, 0.15) is 5.58 Å². The molecule has 21 heavy (non-hydrogen) atoms. The predicted octanol–water partition coefficient (Wildman–Crippen LogP) is 2.71. The third-order valence-electron chi connectivity index (χ3n) is 3.98. The molecule has 0 unspecified atom stereocenters. The first-order valence-electron chi connectivity index (χ1n) is 7.16. The molecule has 0 amide bonds. The van der Waals surface area contributed by atoms with E-state index in [0.29, 0.717) is 23.7 Å². The Morgan fingerprint density at radius 3 is 3.00 bits per heavy atom. The maximum absolute atomic E-state index is 11.7. The van der Waals surface area contributed by atoms with Crippen LogP contribution in [0.1, 0.15) is 24.0 Å². The van der Waals surface area contributed by atoms with Crippen LogP contribution >= 0.6 is 11.6 Å². The van der Waals surface area contributed by atoms with Crippen molar-refractivity contribution in [1.82, 2.24) is 4.90 Å². The van der Waals surface area contributed by atoms with Crippen molar-refractivity contribution in [2.45, 2.75) is 32.4 Å². The minimum atomic E-state index is -0.350. The molecular weight excluding hydrogens is 290 g/mol. The summed E-state index contributed by atoms with van der Waals surface area (Å²) in [6, 6.07) is 5.17. The molecule has 1 aliphatic heterocycles. The summed E-state index contributed by atoms with van der Waals surface area (Å²) < 4.78 is 5.27. The van der Waals surface area contributed by atoms with Gasteiger partial charge < -0.3 is 9.52 Å². The van der Waals surface area contributed by atoms with Crippen molar-refractivity contribution < 1.29 is 9.52 Å². The van der Waals surface area contributed by atoms with Gasteiger partial charge in [0.15, 0.2) is 0 Å². The number of aliphatic hydroxyl groups is 1. The third-order valence-corrected chi connectivity index (χ3v) is 4.39. The van der Waals surface area contributed by atoms with Gasteiger partial charge in [0.05, 0.1) is 6.10 Å². The zero-order valence-corrected chi connectivity index (χ0v) is 12.7. The van der Waals surface area contributed by atoms with Crippen LogP contribution in [0.4, 0.5) is 0 Å². The van der Waals surface area contributed by atoms with E-state index < -0.39 is 0 Å². The minimum absolute atomic E-state index is 0.282. The molecule has 1 N–H and O–H groups in total. The first-order valence-corrected chi connectivity index (χ1v) is 7.54. The Labute approximate surface area is 127 Å². The van der Waals surface area contributed by atoms with Gasteiger partial charge >= 0.3 is 5.63 Å². The van der Waals surface area contributed by atoms with E-state index in [-0.39, 0.29) is 11.7 Å². The molecule has 112 valence electrons. The molecule has 0 saturated carbocycles. The van der Waals surface area contributed by atoms with E-state index in [1.807, 2.05) is 13.0 Å². The molecule has 3 rings (SSSR count). The Hall–Kier alpha value is -1.36. The normalized spacial score (nSPS) is 20.0. The lowest BCUT2D eigenvalue weighted by Gasteiger charge is -2.30. The third kappa shape index (κ3) is 3.12. The van der Waals surface area contributed by atoms with Crippen LogP contribution in [0.3, 0.4) is 0 Å². The standard InChI is InChI=1S/C16H18ClNO3/c1-10-5-15-13(7-14(10)17)11(6-16(20)21-15)8-18-4-2-3-12(19)9-18/h5-7,12,19H,2-4,8-9H2,1H3/t12-/m0/s1. The van der Waals surface area contributed by atoms with E-state index >= 15 is 0 Å². The zero-order chi connectivity index (χ0) is 15.0. The number of hydrogen-bond donors (Lipinski definition) is 1. The number of likely N-dealkylation sites (tertiary alicyclic amines) is 1. The van der Waals surface area contributed by atoms with Crippen molar-refractivity contribution in [3.63, 3.8) is 0 Å². The molecule has 0 aliphatic carbocycles. The van der Waals surface area contributed by atoms with E-state index in [0.717, 1.165) is 35.9 Å². The fourth-order valence-corrected chi connectivity index (χ4v) is 3.06. The summed E-state index contributed by atoms with van der Waals surface area (Å²) in [4.78, 5) is 13.9. The number of hydrogen-bond acceptors (Lipinski definition) is 4. The highest BCUT2D eigenvalue weighted by Crippen LogP contribution is 2.26. The molecule has 0 radical (unpaired) electrons. The SMILES string of the molecule is Cc1cc2oc(=O)cc(CN3CCC[C@H](O)C3)c2cc1Cl. The van der Waals surface area contributed by atoms with Gasteiger partial charge in [-0.2, -0.15) is 0 Å². The van der Waals surface area contributed by atoms with Crippen LogP contribution in [0, 0.1) is 6.92 Å². The van der Waals surface area contributed by atoms with E-state index in [1.165, 1.54) is 6.07 Å². The number of halogens is 1. The predicted molar refractivity (Wildman–Crippen MR) is 82.7 cm³/mol. The largest absolute Gasteiger partial charge is 0.423 e. The average molecular weight is 308 g/mol. The van der Waals surface area contributed by atoms with Gasteiger partial charge in [-0.1, -0.05) is 11.6 Å². The first-order chi connectivity index (χ1) is 10.0. The number of piperidine rings is 1. The van der Waals surface area contributed by atoms with Gasteiger partial charge in [-0.05, 0) is 49.6 Å². The van der Waals surface area contributed by atoms with Crippen LogP contribution in [-0.2, 0) is 6.54 Å². The molecule has 1 fully saturated rings. The van der Waals surface area contributed by atoms with Crippen LogP contribution in [0.5, 0.6) is 0 Å². The molecule has 1 aromatic heterocycles. The Morgan fingerprint density at radius 2 is 2.24 bits per heavy atom. The quantitative estimate of drug-likeness (QED) is 0.867. The van der Waals surface area contributed by atoms with E-state index in [2.05, 4.69) is 4.90 Å². The summed E-state index contributed by atoms with van der Waals surface area (Å²) in [5.74, 6) is 0. The van der Waals surface area contributed by atoms with Gasteiger partial charge in [-0.15, -0.1) is 0 Å². The van der Waals surface area contributed by atoms with Gasteiger partial charge in [-0.25, -0.2) is 4.79 Å². The second-order valence-electron chi connectivity index (χ2n) is 5.72. The van der Waals surface area contributed by atoms with Gasteiger partial charge in [0.25, 0.3) is 0 Å². The Balaban J connectivity index is 2.00. The molecule has 0 spiro atoms. The van der Waals surface area contributed by atoms with Crippen molar-refractivity contribution >= 4 is 22.6 Å². The number of aliphatic hydroxyl groups excluding tert-OH is 1. The number of fused-ring (bicyclic) bond motifs is 1. The smallest absolute Gasteiger partial charge is 0.336 e. The van der Waals surface area contributed by atoms with Crippen molar-refractivity contribution in [3.05, 3.63) is 44.8 Å². The van der Waals surface area contributed by atoms with Crippen LogP contribution in [0.15, 0.2) is 27.4 Å². The summed E-state index contributed by atoms with van der Waals surface area (Å²) >= 11 is 6.19. The summed E-state index contributed by atoms with van der Waals surface area (Å²) in [6.07, 6.45) is 1.54. The molecule has 5 heteroatoms. The molecule has 2 aromatic rings. The van der Waals surface area contributed by atoms with Crippen LogP contribution in [0.25, 0.3) is 11.0 Å². The lowest BCUT2D eigenvalue weighted by Crippen LogP contribution is -2.37. The highest BCUT2D eigenvalue weighted by molar-refractivity contribution is 6.32. The number of aryl methyl sites for hydroxylation is 1. The minimum Gasteiger partial charge on any atom is -0.423 e. The molecule has 1 aliphatic rings. The maximum Gasteiger partial charge on any atom is 0.336 e. The Kier molecular flexibility index (Phi) is 4.02. The van der Waals surface area contributed by atoms with Crippen LogP contribution < -0.4 is 5.63 Å². The summed E-state index contributed by atoms with van der Waals surface area (Å²) in [5, 5.41) is 11.3. The molecule has 1 saturated heterocycles.